The highest BCUT2D eigenvalue weighted by atomic mass is 79.9. The summed E-state index contributed by atoms with van der Waals surface area (Å²) in [4.78, 5) is 6.62. The van der Waals surface area contributed by atoms with Crippen LogP contribution in [0.1, 0.15) is 12.6 Å². The summed E-state index contributed by atoms with van der Waals surface area (Å²) in [6.45, 7) is 3.01. The Hall–Kier alpha value is -0.610. The molecule has 0 radical (unpaired) electrons. The number of hydrogen-bond acceptors (Lipinski definition) is 3. The van der Waals surface area contributed by atoms with Crippen molar-refractivity contribution in [2.75, 3.05) is 19.5 Å². The van der Waals surface area contributed by atoms with Gasteiger partial charge in [0.05, 0.1) is 12.8 Å². The zero-order valence-electron chi connectivity index (χ0n) is 9.40. The number of ether oxygens (including phenoxy) is 1. The maximum absolute atomic E-state index is 5.08. The lowest BCUT2D eigenvalue weighted by atomic mass is 10.3. The van der Waals surface area contributed by atoms with E-state index in [2.05, 4.69) is 39.8 Å². The third-order valence-corrected chi connectivity index (χ3v) is 3.31. The fraction of sp³-hybridized carbons (Fsp3) is 0.545. The summed E-state index contributed by atoms with van der Waals surface area (Å²) < 4.78 is 5.08. The van der Waals surface area contributed by atoms with Crippen molar-refractivity contribution in [2.45, 2.75) is 19.5 Å². The summed E-state index contributed by atoms with van der Waals surface area (Å²) in [6.07, 6.45) is 0. The molecule has 0 aromatic carbocycles. The molecular formula is C11H17BrN2O. The van der Waals surface area contributed by atoms with E-state index < -0.39 is 0 Å². The monoisotopic (exact) mass is 272 g/mol. The lowest BCUT2D eigenvalue weighted by Gasteiger charge is -2.22. The highest BCUT2D eigenvalue weighted by Crippen LogP contribution is 2.10. The molecule has 1 aromatic rings. The molecule has 1 aromatic heterocycles. The molecule has 1 heterocycles. The van der Waals surface area contributed by atoms with Gasteiger partial charge >= 0.3 is 0 Å². The molecule has 0 spiro atoms. The van der Waals surface area contributed by atoms with E-state index in [1.165, 1.54) is 0 Å². The van der Waals surface area contributed by atoms with Crippen molar-refractivity contribution in [3.05, 3.63) is 23.9 Å². The predicted octanol–water partition coefficient (Wildman–Crippen LogP) is 2.31. The van der Waals surface area contributed by atoms with Crippen LogP contribution in [0, 0.1) is 0 Å². The first-order valence-corrected chi connectivity index (χ1v) is 6.05. The molecule has 4 heteroatoms. The molecule has 0 N–H and O–H groups in total. The molecule has 0 saturated heterocycles. The van der Waals surface area contributed by atoms with Crippen LogP contribution in [0.4, 0.5) is 0 Å². The van der Waals surface area contributed by atoms with Crippen LogP contribution in [0.25, 0.3) is 0 Å². The Morgan fingerprint density at radius 2 is 2.27 bits per heavy atom. The minimum atomic E-state index is 0.498. The molecule has 0 aliphatic rings. The van der Waals surface area contributed by atoms with Gasteiger partial charge in [-0.1, -0.05) is 22.0 Å². The maximum atomic E-state index is 5.08. The van der Waals surface area contributed by atoms with Gasteiger partial charge in [-0.05, 0) is 20.0 Å². The van der Waals surface area contributed by atoms with E-state index in [1.807, 2.05) is 18.2 Å². The zero-order valence-corrected chi connectivity index (χ0v) is 11.0. The van der Waals surface area contributed by atoms with Gasteiger partial charge in [-0.15, -0.1) is 0 Å². The molecule has 0 bridgehead atoms. The number of alkyl halides is 1. The van der Waals surface area contributed by atoms with Gasteiger partial charge in [0.25, 0.3) is 0 Å². The van der Waals surface area contributed by atoms with Crippen LogP contribution in [0.3, 0.4) is 0 Å². The third-order valence-electron chi connectivity index (χ3n) is 2.38. The molecule has 1 rings (SSSR count). The number of pyridine rings is 1. The lowest BCUT2D eigenvalue weighted by molar-refractivity contribution is 0.266. The number of halogens is 1. The minimum absolute atomic E-state index is 0.498. The molecule has 0 aliphatic carbocycles. The molecular weight excluding hydrogens is 256 g/mol. The molecule has 3 nitrogen and oxygen atoms in total. The summed E-state index contributed by atoms with van der Waals surface area (Å²) >= 11 is 3.47. The molecule has 84 valence electrons. The van der Waals surface area contributed by atoms with Crippen molar-refractivity contribution in [2.24, 2.45) is 0 Å². The second-order valence-electron chi connectivity index (χ2n) is 3.59. The van der Waals surface area contributed by atoms with Gasteiger partial charge in [0, 0.05) is 24.0 Å². The number of aromatic nitrogens is 1. The Kier molecular flexibility index (Phi) is 5.05. The molecule has 1 unspecified atom stereocenters. The predicted molar refractivity (Wildman–Crippen MR) is 65.5 cm³/mol. The Morgan fingerprint density at radius 3 is 2.87 bits per heavy atom. The first-order valence-electron chi connectivity index (χ1n) is 4.93. The normalized spacial score (nSPS) is 12.9. The largest absolute Gasteiger partial charge is 0.481 e. The molecule has 0 fully saturated rings. The summed E-state index contributed by atoms with van der Waals surface area (Å²) in [5.41, 5.74) is 1.03. The average Bonchev–Trinajstić information content (AvgIpc) is 2.28. The van der Waals surface area contributed by atoms with Gasteiger partial charge in [-0.25, -0.2) is 4.98 Å². The van der Waals surface area contributed by atoms with Gasteiger partial charge in [0.1, 0.15) is 0 Å². The molecule has 0 aliphatic heterocycles. The van der Waals surface area contributed by atoms with Crippen molar-refractivity contribution in [3.8, 4) is 5.88 Å². The SMILES string of the molecule is COc1cccc(CN(C)C(C)CBr)n1. The molecule has 0 saturated carbocycles. The van der Waals surface area contributed by atoms with Gasteiger partial charge in [-0.2, -0.15) is 0 Å². The second-order valence-corrected chi connectivity index (χ2v) is 4.24. The summed E-state index contributed by atoms with van der Waals surface area (Å²) in [7, 11) is 3.73. The van der Waals surface area contributed by atoms with E-state index in [9.17, 15) is 0 Å². The number of nitrogens with zero attached hydrogens (tertiary/aromatic N) is 2. The van der Waals surface area contributed by atoms with E-state index in [0.717, 1.165) is 17.6 Å². The maximum Gasteiger partial charge on any atom is 0.213 e. The van der Waals surface area contributed by atoms with Gasteiger partial charge in [-0.3, -0.25) is 4.90 Å². The number of hydrogen-bond donors (Lipinski definition) is 0. The van der Waals surface area contributed by atoms with Gasteiger partial charge in [0.2, 0.25) is 5.88 Å². The lowest BCUT2D eigenvalue weighted by Crippen LogP contribution is -2.30. The van der Waals surface area contributed by atoms with Crippen LogP contribution in [-0.4, -0.2) is 35.4 Å². The van der Waals surface area contributed by atoms with Crippen LogP contribution < -0.4 is 4.74 Å². The van der Waals surface area contributed by atoms with E-state index in [-0.39, 0.29) is 0 Å². The van der Waals surface area contributed by atoms with Crippen molar-refractivity contribution < 1.29 is 4.74 Å². The van der Waals surface area contributed by atoms with Gasteiger partial charge in [0.15, 0.2) is 0 Å². The van der Waals surface area contributed by atoms with Crippen molar-refractivity contribution in [1.29, 1.82) is 0 Å². The van der Waals surface area contributed by atoms with Gasteiger partial charge < -0.3 is 4.74 Å². The molecule has 15 heavy (non-hydrogen) atoms. The number of rotatable bonds is 5. The third kappa shape index (κ3) is 3.80. The highest BCUT2D eigenvalue weighted by Gasteiger charge is 2.08. The Labute approximate surface area is 99.6 Å². The summed E-state index contributed by atoms with van der Waals surface area (Å²) in [6, 6.07) is 6.34. The minimum Gasteiger partial charge on any atom is -0.481 e. The fourth-order valence-electron chi connectivity index (χ4n) is 1.19. The smallest absolute Gasteiger partial charge is 0.213 e. The first kappa shape index (κ1) is 12.5. The topological polar surface area (TPSA) is 25.4 Å². The van der Waals surface area contributed by atoms with Crippen molar-refractivity contribution in [3.63, 3.8) is 0 Å². The Balaban J connectivity index is 2.63. The van der Waals surface area contributed by atoms with E-state index in [0.29, 0.717) is 11.9 Å². The van der Waals surface area contributed by atoms with Crippen LogP contribution in [-0.2, 0) is 6.54 Å². The molecule has 1 atom stereocenters. The average molecular weight is 273 g/mol. The Morgan fingerprint density at radius 1 is 1.53 bits per heavy atom. The fourth-order valence-corrected chi connectivity index (χ4v) is 1.68. The van der Waals surface area contributed by atoms with Crippen LogP contribution >= 0.6 is 15.9 Å². The van der Waals surface area contributed by atoms with Crippen LogP contribution in [0.5, 0.6) is 5.88 Å². The zero-order chi connectivity index (χ0) is 11.3. The summed E-state index contributed by atoms with van der Waals surface area (Å²) in [5.74, 6) is 0.674. The van der Waals surface area contributed by atoms with E-state index in [4.69, 9.17) is 4.74 Å². The van der Waals surface area contributed by atoms with E-state index in [1.54, 1.807) is 7.11 Å². The second kappa shape index (κ2) is 6.08. The molecule has 0 amide bonds. The first-order chi connectivity index (χ1) is 7.17. The summed E-state index contributed by atoms with van der Waals surface area (Å²) in [5, 5.41) is 0.966. The highest BCUT2D eigenvalue weighted by molar-refractivity contribution is 9.09. The van der Waals surface area contributed by atoms with Crippen LogP contribution in [0.15, 0.2) is 18.2 Å². The Bertz CT molecular complexity index is 306. The number of methoxy groups -OCH3 is 1. The van der Waals surface area contributed by atoms with Crippen molar-refractivity contribution >= 4 is 15.9 Å². The quantitative estimate of drug-likeness (QED) is 0.770. The van der Waals surface area contributed by atoms with E-state index >= 15 is 0 Å². The van der Waals surface area contributed by atoms with Crippen molar-refractivity contribution in [1.82, 2.24) is 9.88 Å². The van der Waals surface area contributed by atoms with Crippen LogP contribution in [0.2, 0.25) is 0 Å². The standard InChI is InChI=1S/C11H17BrN2O/c1-9(7-12)14(2)8-10-5-4-6-11(13-10)15-3/h4-6,9H,7-8H2,1-3H3.